The van der Waals surface area contributed by atoms with E-state index in [9.17, 15) is 13.2 Å². The maximum atomic E-state index is 12.5. The number of carbonyl (C=O) groups excluding carboxylic acids is 1. The maximum Gasteiger partial charge on any atom is 0.262 e. The van der Waals surface area contributed by atoms with Crippen LogP contribution in [0.1, 0.15) is 12.8 Å². The Kier molecular flexibility index (Phi) is 6.15. The lowest BCUT2D eigenvalue weighted by molar-refractivity contribution is -0.118. The average molecular weight is 486 g/mol. The molecular formula is C18H19IN2O4S. The monoisotopic (exact) mass is 486 g/mol. The van der Waals surface area contributed by atoms with E-state index >= 15 is 0 Å². The third kappa shape index (κ3) is 4.74. The predicted molar refractivity (Wildman–Crippen MR) is 108 cm³/mol. The first-order chi connectivity index (χ1) is 12.4. The second kappa shape index (κ2) is 8.36. The molecule has 26 heavy (non-hydrogen) atoms. The number of carbonyl (C=O) groups is 1. The summed E-state index contributed by atoms with van der Waals surface area (Å²) in [4.78, 5) is 12.2. The quantitative estimate of drug-likeness (QED) is 0.637. The van der Waals surface area contributed by atoms with E-state index in [2.05, 4.69) is 27.9 Å². The zero-order valence-electron chi connectivity index (χ0n) is 14.0. The lowest BCUT2D eigenvalue weighted by Crippen LogP contribution is -2.27. The Morgan fingerprint density at radius 3 is 2.46 bits per heavy atom. The number of hydrogen-bond acceptors (Lipinski definition) is 4. The van der Waals surface area contributed by atoms with Crippen molar-refractivity contribution in [3.05, 3.63) is 52.1 Å². The maximum absolute atomic E-state index is 12.5. The zero-order valence-corrected chi connectivity index (χ0v) is 17.0. The second-order valence-corrected chi connectivity index (χ2v) is 9.11. The van der Waals surface area contributed by atoms with Crippen LogP contribution in [-0.2, 0) is 14.8 Å². The zero-order chi connectivity index (χ0) is 18.6. The van der Waals surface area contributed by atoms with Crippen LogP contribution in [0.4, 0.5) is 5.69 Å². The molecular weight excluding hydrogens is 467 g/mol. The molecule has 1 aliphatic rings. The molecule has 1 amide bonds. The van der Waals surface area contributed by atoms with E-state index in [4.69, 9.17) is 4.74 Å². The lowest BCUT2D eigenvalue weighted by Gasteiger charge is -2.15. The van der Waals surface area contributed by atoms with Crippen molar-refractivity contribution in [2.24, 2.45) is 0 Å². The summed E-state index contributed by atoms with van der Waals surface area (Å²) < 4.78 is 32.9. The molecule has 1 fully saturated rings. The number of nitrogens with one attached hydrogen (secondary N) is 1. The summed E-state index contributed by atoms with van der Waals surface area (Å²) in [5.41, 5.74) is 0.529. The van der Waals surface area contributed by atoms with E-state index in [1.807, 2.05) is 18.2 Å². The Labute approximate surface area is 166 Å². The van der Waals surface area contributed by atoms with E-state index in [-0.39, 0.29) is 17.4 Å². The van der Waals surface area contributed by atoms with Gasteiger partial charge in [0.25, 0.3) is 5.91 Å². The molecule has 1 saturated heterocycles. The van der Waals surface area contributed by atoms with Gasteiger partial charge >= 0.3 is 0 Å². The highest BCUT2D eigenvalue weighted by molar-refractivity contribution is 14.1. The van der Waals surface area contributed by atoms with Crippen molar-refractivity contribution in [3.8, 4) is 5.75 Å². The van der Waals surface area contributed by atoms with Gasteiger partial charge in [0.15, 0.2) is 6.61 Å². The van der Waals surface area contributed by atoms with Gasteiger partial charge in [0.2, 0.25) is 10.0 Å². The molecule has 0 radical (unpaired) electrons. The van der Waals surface area contributed by atoms with Crippen molar-refractivity contribution in [3.63, 3.8) is 0 Å². The van der Waals surface area contributed by atoms with Crippen molar-refractivity contribution in [1.29, 1.82) is 0 Å². The van der Waals surface area contributed by atoms with Gasteiger partial charge in [-0.1, -0.05) is 6.07 Å². The van der Waals surface area contributed by atoms with Gasteiger partial charge in [-0.05, 0) is 77.9 Å². The number of ether oxygens (including phenoxy) is 1. The molecule has 2 aromatic carbocycles. The number of anilines is 1. The number of halogens is 1. The molecule has 0 bridgehead atoms. The Hall–Kier alpha value is -1.65. The standard InChI is InChI=1S/C18H19IN2O4S/c19-14-4-3-5-16(12-14)25-13-18(22)20-15-6-8-17(9-7-15)26(23,24)21-10-1-2-11-21/h3-9,12H,1-2,10-11,13H2,(H,20,22). The molecule has 138 valence electrons. The van der Waals surface area contributed by atoms with Crippen LogP contribution in [-0.4, -0.2) is 38.3 Å². The molecule has 1 heterocycles. The smallest absolute Gasteiger partial charge is 0.262 e. The number of sulfonamides is 1. The number of benzene rings is 2. The van der Waals surface area contributed by atoms with Crippen LogP contribution in [0.15, 0.2) is 53.4 Å². The fraction of sp³-hybridized carbons (Fsp3) is 0.278. The van der Waals surface area contributed by atoms with Gasteiger partial charge in [0, 0.05) is 22.3 Å². The number of hydrogen-bond donors (Lipinski definition) is 1. The van der Waals surface area contributed by atoms with Crippen LogP contribution in [0, 0.1) is 3.57 Å². The first kappa shape index (κ1) is 19.1. The molecule has 0 spiro atoms. The Balaban J connectivity index is 1.57. The highest BCUT2D eigenvalue weighted by Crippen LogP contribution is 2.22. The van der Waals surface area contributed by atoms with Gasteiger partial charge in [-0.25, -0.2) is 8.42 Å². The molecule has 0 unspecified atom stereocenters. The minimum Gasteiger partial charge on any atom is -0.484 e. The van der Waals surface area contributed by atoms with Crippen molar-refractivity contribution >= 4 is 44.2 Å². The molecule has 8 heteroatoms. The van der Waals surface area contributed by atoms with Crippen LogP contribution in [0.2, 0.25) is 0 Å². The summed E-state index contributed by atoms with van der Waals surface area (Å²) >= 11 is 2.17. The van der Waals surface area contributed by atoms with E-state index in [1.54, 1.807) is 18.2 Å². The Bertz CT molecular complexity index is 878. The second-order valence-electron chi connectivity index (χ2n) is 5.93. The summed E-state index contributed by atoms with van der Waals surface area (Å²) in [5, 5.41) is 2.70. The van der Waals surface area contributed by atoms with E-state index < -0.39 is 10.0 Å². The number of nitrogens with zero attached hydrogens (tertiary/aromatic N) is 1. The summed E-state index contributed by atoms with van der Waals surface area (Å²) in [7, 11) is -3.44. The molecule has 0 saturated carbocycles. The third-order valence-corrected chi connectivity index (χ3v) is 6.59. The molecule has 0 aliphatic carbocycles. The minimum atomic E-state index is -3.44. The van der Waals surface area contributed by atoms with E-state index in [1.165, 1.54) is 16.4 Å². The van der Waals surface area contributed by atoms with Crippen LogP contribution >= 0.6 is 22.6 Å². The molecule has 0 aromatic heterocycles. The minimum absolute atomic E-state index is 0.117. The van der Waals surface area contributed by atoms with Crippen molar-refractivity contribution in [2.45, 2.75) is 17.7 Å². The number of amides is 1. The predicted octanol–water partition coefficient (Wildman–Crippen LogP) is 3.09. The fourth-order valence-corrected chi connectivity index (χ4v) is 4.72. The lowest BCUT2D eigenvalue weighted by atomic mass is 10.3. The van der Waals surface area contributed by atoms with E-state index in [0.717, 1.165) is 16.4 Å². The SMILES string of the molecule is O=C(COc1cccc(I)c1)Nc1ccc(S(=O)(=O)N2CCCC2)cc1. The van der Waals surface area contributed by atoms with E-state index in [0.29, 0.717) is 24.5 Å². The first-order valence-corrected chi connectivity index (χ1v) is 10.8. The average Bonchev–Trinajstić information content (AvgIpc) is 3.16. The van der Waals surface area contributed by atoms with Crippen LogP contribution in [0.5, 0.6) is 5.75 Å². The van der Waals surface area contributed by atoms with Gasteiger partial charge in [-0.2, -0.15) is 4.31 Å². The molecule has 0 atom stereocenters. The van der Waals surface area contributed by atoms with Crippen LogP contribution < -0.4 is 10.1 Å². The van der Waals surface area contributed by atoms with Crippen LogP contribution in [0.25, 0.3) is 0 Å². The number of rotatable bonds is 6. The molecule has 2 aromatic rings. The summed E-state index contributed by atoms with van der Waals surface area (Å²) in [5.74, 6) is 0.318. The summed E-state index contributed by atoms with van der Waals surface area (Å²) in [6.45, 7) is 1.01. The largest absolute Gasteiger partial charge is 0.484 e. The van der Waals surface area contributed by atoms with Gasteiger partial charge in [0.1, 0.15) is 5.75 Å². The third-order valence-electron chi connectivity index (χ3n) is 4.01. The molecule has 6 nitrogen and oxygen atoms in total. The highest BCUT2D eigenvalue weighted by Gasteiger charge is 2.26. The van der Waals surface area contributed by atoms with Gasteiger partial charge < -0.3 is 10.1 Å². The Morgan fingerprint density at radius 2 is 1.81 bits per heavy atom. The highest BCUT2D eigenvalue weighted by atomic mass is 127. The van der Waals surface area contributed by atoms with Crippen molar-refractivity contribution in [1.82, 2.24) is 4.31 Å². The molecule has 1 N–H and O–H groups in total. The van der Waals surface area contributed by atoms with Gasteiger partial charge in [-0.15, -0.1) is 0 Å². The van der Waals surface area contributed by atoms with Crippen LogP contribution in [0.3, 0.4) is 0 Å². The molecule has 1 aliphatic heterocycles. The molecule has 3 rings (SSSR count). The first-order valence-electron chi connectivity index (χ1n) is 8.23. The van der Waals surface area contributed by atoms with Gasteiger partial charge in [0.05, 0.1) is 4.90 Å². The Morgan fingerprint density at radius 1 is 1.12 bits per heavy atom. The van der Waals surface area contributed by atoms with Gasteiger partial charge in [-0.3, -0.25) is 4.79 Å². The summed E-state index contributed by atoms with van der Waals surface area (Å²) in [6.07, 6.45) is 1.79. The topological polar surface area (TPSA) is 75.7 Å². The summed E-state index contributed by atoms with van der Waals surface area (Å²) in [6, 6.07) is 13.6. The fourth-order valence-electron chi connectivity index (χ4n) is 2.69. The van der Waals surface area contributed by atoms with Crippen molar-refractivity contribution < 1.29 is 17.9 Å². The van der Waals surface area contributed by atoms with Crippen molar-refractivity contribution in [2.75, 3.05) is 25.0 Å². The normalized spacial score (nSPS) is 15.0.